The minimum absolute atomic E-state index is 0.322. The fourth-order valence-electron chi connectivity index (χ4n) is 0.863. The van der Waals surface area contributed by atoms with Crippen molar-refractivity contribution in [3.63, 3.8) is 0 Å². The van der Waals surface area contributed by atoms with Gasteiger partial charge in [0.25, 0.3) is 0 Å². The molecule has 0 bridgehead atoms. The molecule has 0 aliphatic rings. The maximum Gasteiger partial charge on any atom is 0.234 e. The molecular weight excluding hydrogens is 236 g/mol. The van der Waals surface area contributed by atoms with Crippen LogP contribution in [0.4, 0.5) is 0 Å². The van der Waals surface area contributed by atoms with Gasteiger partial charge in [-0.2, -0.15) is 0 Å². The maximum absolute atomic E-state index is 11.3. The fraction of sp³-hybridized carbons (Fsp3) is 0.111. The number of hydrogen-bond donors (Lipinski definition) is 1. The van der Waals surface area contributed by atoms with Crippen LogP contribution in [-0.4, -0.2) is 21.7 Å². The summed E-state index contributed by atoms with van der Waals surface area (Å²) in [7, 11) is 0. The van der Waals surface area contributed by atoms with E-state index in [4.69, 9.17) is 5.11 Å². The van der Waals surface area contributed by atoms with Crippen LogP contribution in [0.25, 0.3) is 0 Å². The van der Waals surface area contributed by atoms with E-state index < -0.39 is 16.6 Å². The van der Waals surface area contributed by atoms with Crippen LogP contribution in [-0.2, 0) is 4.79 Å². The van der Waals surface area contributed by atoms with Gasteiger partial charge in [-0.1, -0.05) is 30.3 Å². The highest BCUT2D eigenvalue weighted by Crippen LogP contribution is 2.06. The van der Waals surface area contributed by atoms with Gasteiger partial charge in [0, 0.05) is 5.56 Å². The van der Waals surface area contributed by atoms with E-state index in [-0.39, 0.29) is 0 Å². The van der Waals surface area contributed by atoms with Crippen LogP contribution in [0.3, 0.4) is 0 Å². The first-order valence-corrected chi connectivity index (χ1v) is 4.39. The van der Waals surface area contributed by atoms with Crippen molar-refractivity contribution in [2.24, 2.45) is 0 Å². The first-order valence-electron chi connectivity index (χ1n) is 3.59. The summed E-state index contributed by atoms with van der Waals surface area (Å²) in [5.74, 6) is -0.595. The second-order valence-corrected chi connectivity index (χ2v) is 3.22. The molecule has 1 unspecified atom stereocenters. The van der Waals surface area contributed by atoms with E-state index in [1.54, 1.807) is 30.3 Å². The molecule has 0 aliphatic heterocycles. The third-order valence-corrected chi connectivity index (χ3v) is 1.96. The van der Waals surface area contributed by atoms with Gasteiger partial charge in [-0.15, -0.1) is 0 Å². The summed E-state index contributed by atoms with van der Waals surface area (Å²) in [6, 6.07) is 8.17. The standard InChI is InChI=1S/C9H7BrO3/c10-9(13)8(12)7(11)6-4-2-1-3-5-6/h1-5,8,12H. The Bertz CT molecular complexity index is 321. The van der Waals surface area contributed by atoms with Gasteiger partial charge in [-0.25, -0.2) is 0 Å². The molecule has 1 atom stereocenters. The Kier molecular flexibility index (Phi) is 3.33. The molecule has 3 nitrogen and oxygen atoms in total. The molecule has 0 radical (unpaired) electrons. The topological polar surface area (TPSA) is 54.4 Å². The summed E-state index contributed by atoms with van der Waals surface area (Å²) in [5, 5.41) is 9.10. The Morgan fingerprint density at radius 1 is 1.23 bits per heavy atom. The number of aliphatic hydroxyl groups is 1. The smallest absolute Gasteiger partial charge is 0.234 e. The third-order valence-electron chi connectivity index (χ3n) is 1.52. The van der Waals surface area contributed by atoms with Crippen LogP contribution in [0.2, 0.25) is 0 Å². The highest BCUT2D eigenvalue weighted by Gasteiger charge is 2.22. The highest BCUT2D eigenvalue weighted by molar-refractivity contribution is 9.18. The summed E-state index contributed by atoms with van der Waals surface area (Å²) in [5.41, 5.74) is 0.322. The molecule has 0 spiro atoms. The van der Waals surface area contributed by atoms with E-state index in [2.05, 4.69) is 15.9 Å². The van der Waals surface area contributed by atoms with Crippen molar-refractivity contribution in [2.75, 3.05) is 0 Å². The average Bonchev–Trinajstić information content (AvgIpc) is 2.17. The van der Waals surface area contributed by atoms with Crippen LogP contribution in [0.5, 0.6) is 0 Å². The number of hydrogen-bond acceptors (Lipinski definition) is 3. The normalized spacial score (nSPS) is 12.2. The van der Waals surface area contributed by atoms with Crippen LogP contribution in [0.15, 0.2) is 30.3 Å². The molecule has 1 N–H and O–H groups in total. The van der Waals surface area contributed by atoms with Gasteiger partial charge >= 0.3 is 0 Å². The summed E-state index contributed by atoms with van der Waals surface area (Å²) >= 11 is 2.53. The number of carbonyl (C=O) groups is 2. The molecule has 0 aliphatic carbocycles. The van der Waals surface area contributed by atoms with Gasteiger partial charge in [0.15, 0.2) is 11.9 Å². The van der Waals surface area contributed by atoms with Gasteiger partial charge in [-0.3, -0.25) is 9.59 Å². The Hall–Kier alpha value is -1.00. The van der Waals surface area contributed by atoms with Gasteiger partial charge in [0.2, 0.25) is 4.69 Å². The average molecular weight is 243 g/mol. The molecule has 1 aromatic carbocycles. The van der Waals surface area contributed by atoms with Crippen molar-refractivity contribution in [1.29, 1.82) is 0 Å². The lowest BCUT2D eigenvalue weighted by Gasteiger charge is -2.03. The number of carbonyl (C=O) groups excluding carboxylic acids is 2. The monoisotopic (exact) mass is 242 g/mol. The predicted molar refractivity (Wildman–Crippen MR) is 50.7 cm³/mol. The number of halogens is 1. The Morgan fingerprint density at radius 3 is 2.23 bits per heavy atom. The summed E-state index contributed by atoms with van der Waals surface area (Å²) < 4.78 is -0.721. The quantitative estimate of drug-likeness (QED) is 0.492. The molecule has 0 fully saturated rings. The molecule has 0 heterocycles. The fourth-order valence-corrected chi connectivity index (χ4v) is 1.07. The lowest BCUT2D eigenvalue weighted by atomic mass is 10.1. The van der Waals surface area contributed by atoms with Crippen LogP contribution >= 0.6 is 15.9 Å². The molecule has 68 valence electrons. The lowest BCUT2D eigenvalue weighted by molar-refractivity contribution is -0.115. The number of rotatable bonds is 3. The van der Waals surface area contributed by atoms with Crippen LogP contribution in [0.1, 0.15) is 10.4 Å². The van der Waals surface area contributed by atoms with Gasteiger partial charge in [0.1, 0.15) is 0 Å². The van der Waals surface area contributed by atoms with Crippen molar-refractivity contribution in [2.45, 2.75) is 6.10 Å². The zero-order valence-corrected chi connectivity index (χ0v) is 8.19. The molecule has 0 aromatic heterocycles. The number of ketones is 1. The van der Waals surface area contributed by atoms with Crippen molar-refractivity contribution in [3.05, 3.63) is 35.9 Å². The number of Topliss-reactive ketones (excluding diaryl/α,β-unsaturated/α-hetero) is 1. The van der Waals surface area contributed by atoms with Crippen molar-refractivity contribution in [3.8, 4) is 0 Å². The van der Waals surface area contributed by atoms with Gasteiger partial charge in [-0.05, 0) is 15.9 Å². The van der Waals surface area contributed by atoms with E-state index in [1.165, 1.54) is 0 Å². The van der Waals surface area contributed by atoms with Crippen LogP contribution < -0.4 is 0 Å². The van der Waals surface area contributed by atoms with E-state index in [9.17, 15) is 9.59 Å². The van der Waals surface area contributed by atoms with Crippen molar-refractivity contribution in [1.82, 2.24) is 0 Å². The highest BCUT2D eigenvalue weighted by atomic mass is 79.9. The molecule has 0 saturated heterocycles. The van der Waals surface area contributed by atoms with Gasteiger partial charge in [0.05, 0.1) is 0 Å². The molecular formula is C9H7BrO3. The van der Waals surface area contributed by atoms with E-state index >= 15 is 0 Å². The predicted octanol–water partition coefficient (Wildman–Crippen LogP) is 1.15. The molecule has 0 amide bonds. The second-order valence-electron chi connectivity index (χ2n) is 2.44. The largest absolute Gasteiger partial charge is 0.377 e. The minimum atomic E-state index is -1.61. The van der Waals surface area contributed by atoms with E-state index in [1.807, 2.05) is 0 Å². The number of aliphatic hydroxyl groups excluding tert-OH is 1. The van der Waals surface area contributed by atoms with Crippen LogP contribution in [0, 0.1) is 0 Å². The van der Waals surface area contributed by atoms with Crippen molar-refractivity contribution < 1.29 is 14.7 Å². The summed E-state index contributed by atoms with van der Waals surface area (Å²) in [4.78, 5) is 21.9. The lowest BCUT2D eigenvalue weighted by Crippen LogP contribution is -2.26. The Labute approximate surface area is 83.5 Å². The molecule has 13 heavy (non-hydrogen) atoms. The zero-order chi connectivity index (χ0) is 9.84. The summed E-state index contributed by atoms with van der Waals surface area (Å²) in [6.45, 7) is 0. The first kappa shape index (κ1) is 10.1. The van der Waals surface area contributed by atoms with Crippen molar-refractivity contribution >= 4 is 26.4 Å². The minimum Gasteiger partial charge on any atom is -0.377 e. The zero-order valence-electron chi connectivity index (χ0n) is 6.61. The first-order chi connectivity index (χ1) is 6.13. The Balaban J connectivity index is 2.86. The molecule has 0 saturated carbocycles. The summed E-state index contributed by atoms with van der Waals surface area (Å²) in [6.07, 6.45) is -1.61. The van der Waals surface area contributed by atoms with E-state index in [0.717, 1.165) is 0 Å². The molecule has 1 rings (SSSR count). The maximum atomic E-state index is 11.3. The molecule has 1 aromatic rings. The van der Waals surface area contributed by atoms with E-state index in [0.29, 0.717) is 5.56 Å². The molecule has 4 heteroatoms. The Morgan fingerprint density at radius 2 is 1.77 bits per heavy atom. The third kappa shape index (κ3) is 2.47. The number of benzene rings is 1. The SMILES string of the molecule is O=C(Br)C(O)C(=O)c1ccccc1. The second kappa shape index (κ2) is 4.30. The van der Waals surface area contributed by atoms with Gasteiger partial charge < -0.3 is 5.11 Å².